The molecule has 0 aliphatic carbocycles. The maximum atomic E-state index is 12.9. The molecule has 0 unspecified atom stereocenters. The smallest absolute Gasteiger partial charge is 0.347 e. The topological polar surface area (TPSA) is 73.9 Å². The van der Waals surface area contributed by atoms with Gasteiger partial charge in [0.2, 0.25) is 0 Å². The van der Waals surface area contributed by atoms with Crippen molar-refractivity contribution in [3.8, 4) is 11.5 Å². The van der Waals surface area contributed by atoms with Crippen LogP contribution in [-0.4, -0.2) is 31.2 Å². The van der Waals surface area contributed by atoms with Gasteiger partial charge in [0.15, 0.2) is 12.2 Å². The van der Waals surface area contributed by atoms with Crippen molar-refractivity contribution in [2.45, 2.75) is 26.1 Å². The van der Waals surface area contributed by atoms with Crippen LogP contribution >= 0.6 is 11.6 Å². The summed E-state index contributed by atoms with van der Waals surface area (Å²) in [6.45, 7) is 2.89. The molecule has 0 fully saturated rings. The fraction of sp³-hybridized carbons (Fsp3) is 0.263. The highest BCUT2D eigenvalue weighted by molar-refractivity contribution is 6.31. The largest absolute Gasteiger partial charge is 0.495 e. The predicted octanol–water partition coefficient (Wildman–Crippen LogP) is 3.83. The summed E-state index contributed by atoms with van der Waals surface area (Å²) in [4.78, 5) is 24.4. The van der Waals surface area contributed by atoms with E-state index in [1.165, 1.54) is 51.3 Å². The second kappa shape index (κ2) is 9.23. The van der Waals surface area contributed by atoms with Crippen LogP contribution in [0.4, 0.5) is 10.1 Å². The third-order valence-electron chi connectivity index (χ3n) is 3.54. The Morgan fingerprint density at radius 1 is 1.07 bits per heavy atom. The van der Waals surface area contributed by atoms with E-state index in [2.05, 4.69) is 5.32 Å². The number of amides is 1. The molecule has 0 aliphatic rings. The molecule has 1 amide bonds. The van der Waals surface area contributed by atoms with Crippen LogP contribution in [-0.2, 0) is 14.3 Å². The Morgan fingerprint density at radius 3 is 2.37 bits per heavy atom. The number of nitrogens with one attached hydrogen (secondary N) is 1. The summed E-state index contributed by atoms with van der Waals surface area (Å²) >= 11 is 5.92. The number of anilines is 1. The lowest BCUT2D eigenvalue weighted by Gasteiger charge is -2.18. The molecule has 144 valence electrons. The van der Waals surface area contributed by atoms with Crippen molar-refractivity contribution >= 4 is 29.2 Å². The SMILES string of the molecule is COc1ccc(Cl)cc1NC(=O)[C@H](C)OC(=O)[C@H](C)Oc1ccc(F)cc1. The summed E-state index contributed by atoms with van der Waals surface area (Å²) in [6, 6.07) is 9.94. The highest BCUT2D eigenvalue weighted by Crippen LogP contribution is 2.27. The lowest BCUT2D eigenvalue weighted by Crippen LogP contribution is -2.35. The third kappa shape index (κ3) is 5.86. The molecule has 8 heteroatoms. The summed E-state index contributed by atoms with van der Waals surface area (Å²) in [5.74, 6) is -0.988. The van der Waals surface area contributed by atoms with Crippen molar-refractivity contribution in [3.63, 3.8) is 0 Å². The molecule has 0 radical (unpaired) electrons. The van der Waals surface area contributed by atoms with Crippen molar-refractivity contribution in [2.24, 2.45) is 0 Å². The maximum Gasteiger partial charge on any atom is 0.347 e. The van der Waals surface area contributed by atoms with Gasteiger partial charge in [-0.25, -0.2) is 9.18 Å². The van der Waals surface area contributed by atoms with Crippen LogP contribution in [0.5, 0.6) is 11.5 Å². The van der Waals surface area contributed by atoms with Crippen LogP contribution < -0.4 is 14.8 Å². The minimum absolute atomic E-state index is 0.307. The number of carbonyl (C=O) groups excluding carboxylic acids is 2. The van der Waals surface area contributed by atoms with Gasteiger partial charge in [-0.1, -0.05) is 11.6 Å². The van der Waals surface area contributed by atoms with Crippen LogP contribution in [0.2, 0.25) is 5.02 Å². The Bertz CT molecular complexity index is 812. The maximum absolute atomic E-state index is 12.9. The zero-order valence-electron chi connectivity index (χ0n) is 15.0. The first-order valence-corrected chi connectivity index (χ1v) is 8.45. The first-order chi connectivity index (χ1) is 12.8. The van der Waals surface area contributed by atoms with Crippen LogP contribution in [0.25, 0.3) is 0 Å². The first kappa shape index (κ1) is 20.5. The fourth-order valence-corrected chi connectivity index (χ4v) is 2.27. The molecule has 0 bridgehead atoms. The van der Waals surface area contributed by atoms with E-state index in [-0.39, 0.29) is 0 Å². The third-order valence-corrected chi connectivity index (χ3v) is 3.78. The average Bonchev–Trinajstić information content (AvgIpc) is 2.63. The average molecular weight is 396 g/mol. The number of methoxy groups -OCH3 is 1. The Morgan fingerprint density at radius 2 is 1.74 bits per heavy atom. The molecule has 0 spiro atoms. The van der Waals surface area contributed by atoms with Crippen molar-refractivity contribution in [2.75, 3.05) is 12.4 Å². The van der Waals surface area contributed by atoms with Crippen molar-refractivity contribution in [1.29, 1.82) is 0 Å². The fourth-order valence-electron chi connectivity index (χ4n) is 2.10. The summed E-state index contributed by atoms with van der Waals surface area (Å²) in [7, 11) is 1.46. The quantitative estimate of drug-likeness (QED) is 0.721. The van der Waals surface area contributed by atoms with E-state index in [1.807, 2.05) is 0 Å². The Hall–Kier alpha value is -2.80. The van der Waals surface area contributed by atoms with E-state index in [4.69, 9.17) is 25.8 Å². The Kier molecular flexibility index (Phi) is 7.01. The minimum atomic E-state index is -1.08. The van der Waals surface area contributed by atoms with Crippen molar-refractivity contribution < 1.29 is 28.2 Å². The monoisotopic (exact) mass is 395 g/mol. The number of benzene rings is 2. The number of halogens is 2. The lowest BCUT2D eigenvalue weighted by molar-refractivity contribution is -0.159. The van der Waals surface area contributed by atoms with Gasteiger partial charge in [0.05, 0.1) is 12.8 Å². The van der Waals surface area contributed by atoms with Crippen LogP contribution in [0, 0.1) is 5.82 Å². The highest BCUT2D eigenvalue weighted by Gasteiger charge is 2.24. The Labute approximate surface area is 161 Å². The van der Waals surface area contributed by atoms with Gasteiger partial charge in [-0.2, -0.15) is 0 Å². The first-order valence-electron chi connectivity index (χ1n) is 8.07. The molecule has 1 N–H and O–H groups in total. The van der Waals surface area contributed by atoms with E-state index in [0.717, 1.165) is 0 Å². The van der Waals surface area contributed by atoms with Gasteiger partial charge in [0.1, 0.15) is 17.3 Å². The molecule has 2 aromatic carbocycles. The molecule has 0 saturated heterocycles. The van der Waals surface area contributed by atoms with Gasteiger partial charge in [-0.15, -0.1) is 0 Å². The second-order valence-electron chi connectivity index (χ2n) is 5.63. The molecule has 0 aliphatic heterocycles. The number of hydrogen-bond acceptors (Lipinski definition) is 5. The van der Waals surface area contributed by atoms with E-state index in [1.54, 1.807) is 12.1 Å². The zero-order valence-corrected chi connectivity index (χ0v) is 15.7. The molecule has 0 saturated carbocycles. The molecule has 27 heavy (non-hydrogen) atoms. The second-order valence-corrected chi connectivity index (χ2v) is 6.06. The summed E-state index contributed by atoms with van der Waals surface area (Å²) in [5.41, 5.74) is 0.355. The van der Waals surface area contributed by atoms with E-state index in [9.17, 15) is 14.0 Å². The number of ether oxygens (including phenoxy) is 3. The van der Waals surface area contributed by atoms with Crippen molar-refractivity contribution in [1.82, 2.24) is 0 Å². The molecular weight excluding hydrogens is 377 g/mol. The molecule has 0 aromatic heterocycles. The highest BCUT2D eigenvalue weighted by atomic mass is 35.5. The van der Waals surface area contributed by atoms with E-state index < -0.39 is 29.9 Å². The minimum Gasteiger partial charge on any atom is -0.495 e. The summed E-state index contributed by atoms with van der Waals surface area (Å²) in [6.07, 6.45) is -2.06. The standard InChI is InChI=1S/C19H19ClFNO5/c1-11(18(23)22-16-10-13(20)4-9-17(16)25-3)27-19(24)12(2)26-15-7-5-14(21)6-8-15/h4-12H,1-3H3,(H,22,23)/t11-,12-/m0/s1. The number of rotatable bonds is 7. The van der Waals surface area contributed by atoms with Gasteiger partial charge in [-0.05, 0) is 56.3 Å². The number of hydrogen-bond donors (Lipinski definition) is 1. The normalized spacial score (nSPS) is 12.6. The Balaban J connectivity index is 1.94. The lowest BCUT2D eigenvalue weighted by atomic mass is 10.2. The van der Waals surface area contributed by atoms with Gasteiger partial charge >= 0.3 is 5.97 Å². The van der Waals surface area contributed by atoms with Gasteiger partial charge in [0.25, 0.3) is 5.91 Å². The van der Waals surface area contributed by atoms with E-state index >= 15 is 0 Å². The molecule has 0 heterocycles. The van der Waals surface area contributed by atoms with Gasteiger partial charge in [-0.3, -0.25) is 4.79 Å². The molecule has 2 rings (SSSR count). The molecule has 2 aromatic rings. The van der Waals surface area contributed by atoms with Crippen LogP contribution in [0.1, 0.15) is 13.8 Å². The summed E-state index contributed by atoms with van der Waals surface area (Å²) < 4.78 is 28.5. The molecular formula is C19H19ClFNO5. The number of carbonyl (C=O) groups is 2. The predicted molar refractivity (Wildman–Crippen MR) is 98.7 cm³/mol. The molecule has 6 nitrogen and oxygen atoms in total. The van der Waals surface area contributed by atoms with E-state index in [0.29, 0.717) is 22.2 Å². The van der Waals surface area contributed by atoms with Gasteiger partial charge in [0, 0.05) is 5.02 Å². The summed E-state index contributed by atoms with van der Waals surface area (Å²) in [5, 5.41) is 3.01. The van der Waals surface area contributed by atoms with Crippen molar-refractivity contribution in [3.05, 3.63) is 53.3 Å². The zero-order chi connectivity index (χ0) is 20.0. The van der Waals surface area contributed by atoms with Crippen LogP contribution in [0.15, 0.2) is 42.5 Å². The number of esters is 1. The van der Waals surface area contributed by atoms with Crippen LogP contribution in [0.3, 0.4) is 0 Å². The van der Waals surface area contributed by atoms with Gasteiger partial charge < -0.3 is 19.5 Å². The molecule has 2 atom stereocenters.